The summed E-state index contributed by atoms with van der Waals surface area (Å²) in [5, 5.41) is -0.256. The van der Waals surface area contributed by atoms with E-state index >= 15 is 0 Å². The Labute approximate surface area is 128 Å². The Morgan fingerprint density at radius 1 is 1.38 bits per heavy atom. The molecule has 0 aromatic carbocycles. The number of rotatable bonds is 3. The number of piperidine rings is 1. The van der Waals surface area contributed by atoms with Gasteiger partial charge in [-0.25, -0.2) is 9.97 Å². The molecule has 1 unspecified atom stereocenters. The van der Waals surface area contributed by atoms with Crippen molar-refractivity contribution in [1.82, 2.24) is 19.4 Å². The lowest BCUT2D eigenvalue weighted by atomic mass is 10.1. The number of imidazole rings is 1. The number of likely N-dealkylation sites (tertiary alicyclic amines) is 1. The molecule has 21 heavy (non-hydrogen) atoms. The SMILES string of the molecule is CC(Cl)c1nc2cccnc2n1CC(=O)N1CCCCC1. The van der Waals surface area contributed by atoms with E-state index in [9.17, 15) is 4.79 Å². The van der Waals surface area contributed by atoms with Crippen LogP contribution in [0, 0.1) is 0 Å². The maximum Gasteiger partial charge on any atom is 0.242 e. The molecule has 2 aromatic heterocycles. The maximum absolute atomic E-state index is 12.5. The van der Waals surface area contributed by atoms with E-state index in [1.807, 2.05) is 28.5 Å². The van der Waals surface area contributed by atoms with Crippen molar-refractivity contribution in [2.45, 2.75) is 38.1 Å². The van der Waals surface area contributed by atoms with Gasteiger partial charge in [0.2, 0.25) is 5.91 Å². The van der Waals surface area contributed by atoms with Crippen molar-refractivity contribution in [3.63, 3.8) is 0 Å². The summed E-state index contributed by atoms with van der Waals surface area (Å²) >= 11 is 6.21. The molecule has 6 heteroatoms. The summed E-state index contributed by atoms with van der Waals surface area (Å²) in [4.78, 5) is 23.3. The average molecular weight is 307 g/mol. The Balaban J connectivity index is 1.91. The second-order valence-electron chi connectivity index (χ2n) is 5.46. The van der Waals surface area contributed by atoms with Crippen LogP contribution in [0.25, 0.3) is 11.2 Å². The zero-order chi connectivity index (χ0) is 14.8. The molecular weight excluding hydrogens is 288 g/mol. The molecule has 0 aliphatic carbocycles. The van der Waals surface area contributed by atoms with Crippen molar-refractivity contribution in [2.75, 3.05) is 13.1 Å². The number of hydrogen-bond acceptors (Lipinski definition) is 3. The first-order valence-electron chi connectivity index (χ1n) is 7.40. The molecule has 5 nitrogen and oxygen atoms in total. The molecule has 0 saturated carbocycles. The fourth-order valence-corrected chi connectivity index (χ4v) is 2.98. The van der Waals surface area contributed by atoms with E-state index in [0.29, 0.717) is 5.82 Å². The number of nitrogens with zero attached hydrogens (tertiary/aromatic N) is 4. The number of carbonyl (C=O) groups is 1. The van der Waals surface area contributed by atoms with Crippen LogP contribution in [0.4, 0.5) is 0 Å². The molecule has 0 bridgehead atoms. The van der Waals surface area contributed by atoms with Gasteiger partial charge in [0.15, 0.2) is 5.65 Å². The third-order valence-corrected chi connectivity index (χ3v) is 4.09. The van der Waals surface area contributed by atoms with Gasteiger partial charge in [0.05, 0.1) is 5.38 Å². The van der Waals surface area contributed by atoms with Gasteiger partial charge < -0.3 is 9.47 Å². The molecular formula is C15H19ClN4O. The molecule has 112 valence electrons. The van der Waals surface area contributed by atoms with Crippen molar-refractivity contribution >= 4 is 28.7 Å². The summed E-state index contributed by atoms with van der Waals surface area (Å²) in [6.45, 7) is 3.83. The third-order valence-electron chi connectivity index (χ3n) is 3.89. The summed E-state index contributed by atoms with van der Waals surface area (Å²) < 4.78 is 1.85. The smallest absolute Gasteiger partial charge is 0.242 e. The van der Waals surface area contributed by atoms with Crippen LogP contribution in [0.3, 0.4) is 0 Å². The van der Waals surface area contributed by atoms with Gasteiger partial charge in [0, 0.05) is 19.3 Å². The molecule has 1 atom stereocenters. The quantitative estimate of drug-likeness (QED) is 0.819. The topological polar surface area (TPSA) is 51.0 Å². The van der Waals surface area contributed by atoms with Gasteiger partial charge in [0.1, 0.15) is 17.9 Å². The highest BCUT2D eigenvalue weighted by Gasteiger charge is 2.21. The summed E-state index contributed by atoms with van der Waals surface area (Å²) in [6.07, 6.45) is 5.11. The van der Waals surface area contributed by atoms with Crippen molar-refractivity contribution in [1.29, 1.82) is 0 Å². The van der Waals surface area contributed by atoms with Crippen molar-refractivity contribution in [3.05, 3.63) is 24.2 Å². The van der Waals surface area contributed by atoms with Crippen LogP contribution in [0.2, 0.25) is 0 Å². The Kier molecular flexibility index (Phi) is 4.10. The fraction of sp³-hybridized carbons (Fsp3) is 0.533. The van der Waals surface area contributed by atoms with Gasteiger partial charge in [-0.1, -0.05) is 0 Å². The van der Waals surface area contributed by atoms with Crippen molar-refractivity contribution in [3.8, 4) is 0 Å². The van der Waals surface area contributed by atoms with E-state index in [2.05, 4.69) is 9.97 Å². The van der Waals surface area contributed by atoms with E-state index in [4.69, 9.17) is 11.6 Å². The van der Waals surface area contributed by atoms with E-state index in [-0.39, 0.29) is 17.8 Å². The molecule has 1 fully saturated rings. The summed E-state index contributed by atoms with van der Waals surface area (Å²) in [5.41, 5.74) is 1.51. The van der Waals surface area contributed by atoms with Gasteiger partial charge in [-0.3, -0.25) is 4.79 Å². The minimum Gasteiger partial charge on any atom is -0.341 e. The molecule has 2 aromatic rings. The van der Waals surface area contributed by atoms with E-state index < -0.39 is 0 Å². The Hall–Kier alpha value is -1.62. The van der Waals surface area contributed by atoms with E-state index in [1.165, 1.54) is 6.42 Å². The lowest BCUT2D eigenvalue weighted by molar-refractivity contribution is -0.132. The van der Waals surface area contributed by atoms with E-state index in [1.54, 1.807) is 6.20 Å². The van der Waals surface area contributed by atoms with Crippen LogP contribution < -0.4 is 0 Å². The second kappa shape index (κ2) is 6.02. The number of aromatic nitrogens is 3. The number of amides is 1. The van der Waals surface area contributed by atoms with Crippen molar-refractivity contribution in [2.24, 2.45) is 0 Å². The largest absolute Gasteiger partial charge is 0.341 e. The monoisotopic (exact) mass is 306 g/mol. The standard InChI is InChI=1S/C15H19ClN4O/c1-11(16)14-18-12-6-5-7-17-15(12)20(14)10-13(21)19-8-3-2-4-9-19/h5-7,11H,2-4,8-10H2,1H3. The molecule has 1 amide bonds. The first-order valence-corrected chi connectivity index (χ1v) is 7.83. The predicted octanol–water partition coefficient (Wildman–Crippen LogP) is 2.74. The zero-order valence-corrected chi connectivity index (χ0v) is 12.9. The maximum atomic E-state index is 12.5. The highest BCUT2D eigenvalue weighted by molar-refractivity contribution is 6.20. The molecule has 3 heterocycles. The molecule has 1 saturated heterocycles. The average Bonchev–Trinajstić information content (AvgIpc) is 2.87. The normalized spacial score (nSPS) is 17.1. The van der Waals surface area contributed by atoms with Gasteiger partial charge in [-0.05, 0) is 38.3 Å². The Morgan fingerprint density at radius 3 is 2.86 bits per heavy atom. The van der Waals surface area contributed by atoms with Crippen LogP contribution in [-0.2, 0) is 11.3 Å². The highest BCUT2D eigenvalue weighted by Crippen LogP contribution is 2.23. The number of halogens is 1. The zero-order valence-electron chi connectivity index (χ0n) is 12.1. The van der Waals surface area contributed by atoms with Crippen LogP contribution in [0.15, 0.2) is 18.3 Å². The van der Waals surface area contributed by atoms with Crippen LogP contribution >= 0.6 is 11.6 Å². The summed E-state index contributed by atoms with van der Waals surface area (Å²) in [7, 11) is 0. The third kappa shape index (κ3) is 2.88. The minimum atomic E-state index is -0.256. The first kappa shape index (κ1) is 14.3. The number of hydrogen-bond donors (Lipinski definition) is 0. The highest BCUT2D eigenvalue weighted by atomic mass is 35.5. The van der Waals surface area contributed by atoms with E-state index in [0.717, 1.165) is 37.1 Å². The summed E-state index contributed by atoms with van der Waals surface area (Å²) in [6, 6.07) is 3.74. The first-order chi connectivity index (χ1) is 10.2. The molecule has 0 spiro atoms. The summed E-state index contributed by atoms with van der Waals surface area (Å²) in [5.74, 6) is 0.828. The Morgan fingerprint density at radius 2 is 2.14 bits per heavy atom. The number of pyridine rings is 1. The predicted molar refractivity (Wildman–Crippen MR) is 82.2 cm³/mol. The lowest BCUT2D eigenvalue weighted by Crippen LogP contribution is -2.38. The fourth-order valence-electron chi connectivity index (χ4n) is 2.81. The number of fused-ring (bicyclic) bond motifs is 1. The molecule has 0 radical (unpaired) electrons. The minimum absolute atomic E-state index is 0.123. The number of carbonyl (C=O) groups excluding carboxylic acids is 1. The Bertz CT molecular complexity index is 646. The van der Waals surface area contributed by atoms with Crippen LogP contribution in [0.5, 0.6) is 0 Å². The van der Waals surface area contributed by atoms with Gasteiger partial charge >= 0.3 is 0 Å². The van der Waals surface area contributed by atoms with Crippen molar-refractivity contribution < 1.29 is 4.79 Å². The molecule has 1 aliphatic heterocycles. The molecule has 1 aliphatic rings. The van der Waals surface area contributed by atoms with Crippen LogP contribution in [0.1, 0.15) is 37.4 Å². The van der Waals surface area contributed by atoms with Crippen LogP contribution in [-0.4, -0.2) is 38.4 Å². The molecule has 3 rings (SSSR count). The molecule has 0 N–H and O–H groups in total. The second-order valence-corrected chi connectivity index (χ2v) is 6.11. The van der Waals surface area contributed by atoms with Gasteiger partial charge in [-0.15, -0.1) is 11.6 Å². The number of alkyl halides is 1. The lowest BCUT2D eigenvalue weighted by Gasteiger charge is -2.27. The van der Waals surface area contributed by atoms with Gasteiger partial charge in [-0.2, -0.15) is 0 Å². The van der Waals surface area contributed by atoms with Gasteiger partial charge in [0.25, 0.3) is 0 Å².